The number of carbonyl (C=O) groups is 4. The van der Waals surface area contributed by atoms with Crippen molar-refractivity contribution in [2.75, 3.05) is 11.5 Å². The SMILES string of the molecule is NCc1cc([N+](=O)[O-])ccc1N.[3H]C(=O)Cc1ccc(N)c(CN)c1.[3H]C(=O)Cc1ccc2nc(-c3cc[c-]c(C[CH2-])c3)ccc2c1.[CH2-]Cc1[c-]ccc(-c2ncc3cc([N+](=O)[O-])ccc3n2)c1.[CH2-]Cc1[c-]ccc(C(=O)Cl)c1.[CH2-]Cc1[c-]ccc(C(=O)Cl)c1.[I][V][I].[I][V][I].[Y].[Y].[Y].[Y]. The average Bonchev–Trinajstić information content (AvgIpc) is 0.815. The largest absolute Gasteiger partial charge is 0 e. The zero-order valence-corrected chi connectivity index (χ0v) is 76.6. The minimum Gasteiger partial charge on any atom is 0 e. The molecule has 17 nitrogen and oxygen atoms in total. The Labute approximate surface area is 743 Å². The zero-order valence-electron chi connectivity index (χ0n) is 54.4. The Morgan fingerprint density at radius 3 is 1.40 bits per heavy atom. The molecule has 2 aromatic heterocycles. The fourth-order valence-electron chi connectivity index (χ4n) is 7.90. The van der Waals surface area contributed by atoms with E-state index < -0.39 is 32.9 Å². The number of anilines is 2. The van der Waals surface area contributed by atoms with Crippen LogP contribution < -0.4 is 22.9 Å². The molecule has 0 unspecified atom stereocenters. The van der Waals surface area contributed by atoms with Gasteiger partial charge in [0.1, 0.15) is 21.1 Å². The van der Waals surface area contributed by atoms with Gasteiger partial charge in [-0.15, -0.1) is 5.56 Å². The van der Waals surface area contributed by atoms with E-state index in [1.807, 2.05) is 66.7 Å². The number of benzene rings is 8. The molecule has 2 heterocycles. The predicted molar refractivity (Wildman–Crippen MR) is 403 cm³/mol. The molecule has 0 atom stereocenters. The summed E-state index contributed by atoms with van der Waals surface area (Å²) in [6.45, 7) is 15.6. The Hall–Kier alpha value is -1.41. The van der Waals surface area contributed by atoms with Gasteiger partial charge >= 0.3 is 98.8 Å². The van der Waals surface area contributed by atoms with Crippen molar-refractivity contribution in [2.24, 2.45) is 11.5 Å². The van der Waals surface area contributed by atoms with Gasteiger partial charge in [-0.3, -0.25) is 34.8 Å². The number of fused-ring (bicyclic) bond motifs is 2. The van der Waals surface area contributed by atoms with E-state index in [1.165, 1.54) is 30.3 Å². The van der Waals surface area contributed by atoms with Gasteiger partial charge in [0.2, 0.25) is 10.5 Å². The van der Waals surface area contributed by atoms with Gasteiger partial charge in [0.15, 0.2) is 0 Å². The summed E-state index contributed by atoms with van der Waals surface area (Å²) in [6, 6.07) is 57.3. The number of hydrogen-bond acceptors (Lipinski definition) is 15. The second kappa shape index (κ2) is 56.9. The topological polar surface area (TPSA) is 297 Å². The van der Waals surface area contributed by atoms with Crippen molar-refractivity contribution in [2.45, 2.75) is 51.6 Å². The Morgan fingerprint density at radius 2 is 0.929 bits per heavy atom. The van der Waals surface area contributed by atoms with Crippen LogP contribution in [0.1, 0.15) is 68.0 Å². The molecule has 0 amide bonds. The van der Waals surface area contributed by atoms with Gasteiger partial charge in [0, 0.05) is 215 Å². The molecule has 502 valence electrons. The van der Waals surface area contributed by atoms with Crippen molar-refractivity contribution in [3.8, 4) is 22.6 Å². The summed E-state index contributed by atoms with van der Waals surface area (Å²) in [6.07, 6.45) is 3.27. The summed E-state index contributed by atoms with van der Waals surface area (Å²) < 4.78 is 13.8. The minimum atomic E-state index is -0.604. The van der Waals surface area contributed by atoms with Crippen molar-refractivity contribution in [1.82, 2.24) is 15.0 Å². The fraction of sp³-hybridized carbons (Fsp3) is 0.116. The Balaban J connectivity index is 0. The van der Waals surface area contributed by atoms with Crippen LogP contribution in [0.2, 0.25) is 0 Å². The van der Waals surface area contributed by atoms with Gasteiger partial charge in [0.25, 0.3) is 11.4 Å². The number of pyridine rings is 1. The number of aldehydes is 2. The second-order valence-electron chi connectivity index (χ2n) is 18.7. The van der Waals surface area contributed by atoms with Gasteiger partial charge in [-0.05, 0) is 81.9 Å². The van der Waals surface area contributed by atoms with E-state index in [-0.39, 0.29) is 162 Å². The number of hydrogen-bond donors (Lipinski definition) is 4. The molecular formula is C69H61Cl2I4N9O8V2Y4-8. The summed E-state index contributed by atoms with van der Waals surface area (Å²) >= 11 is 20.0. The van der Waals surface area contributed by atoms with Gasteiger partial charge < -0.3 is 60.2 Å². The number of halogens is 6. The minimum absolute atomic E-state index is 0. The molecule has 0 aliphatic heterocycles. The predicted octanol–water partition coefficient (Wildman–Crippen LogP) is 16.3. The molecule has 0 aliphatic carbocycles. The fourth-order valence-corrected chi connectivity index (χ4v) is 8.13. The second-order valence-corrected chi connectivity index (χ2v) is 43.0. The van der Waals surface area contributed by atoms with Crippen LogP contribution >= 0.6 is 103 Å². The number of nitro groups is 2. The third-order valence-corrected chi connectivity index (χ3v) is 13.0. The number of nitrogens with zero attached hydrogens (tertiary/aromatic N) is 5. The van der Waals surface area contributed by atoms with E-state index in [9.17, 15) is 39.4 Å². The maximum Gasteiger partial charge on any atom is 0 e. The first-order valence-electron chi connectivity index (χ1n) is 28.5. The monoisotopic (exact) mass is 2180 g/mol. The average molecular weight is 2180 g/mol. The van der Waals surface area contributed by atoms with Gasteiger partial charge in [-0.25, -0.2) is 9.97 Å². The normalized spacial score (nSPS) is 9.71. The van der Waals surface area contributed by atoms with E-state index >= 15 is 0 Å². The molecule has 10 aromatic rings. The van der Waals surface area contributed by atoms with Gasteiger partial charge in [0.05, 0.1) is 20.9 Å². The van der Waals surface area contributed by atoms with E-state index in [0.29, 0.717) is 96.0 Å². The molecule has 8 N–H and O–H groups in total. The smallest absolute Gasteiger partial charge is 0 e. The summed E-state index contributed by atoms with van der Waals surface area (Å²) in [5.74, 6) is 0.583. The molecule has 10 rings (SSSR count). The van der Waals surface area contributed by atoms with Crippen LogP contribution in [0.3, 0.4) is 0 Å². The van der Waals surface area contributed by atoms with Crippen LogP contribution in [0, 0.1) is 72.2 Å². The Bertz CT molecular complexity index is 4200. The van der Waals surface area contributed by atoms with E-state index in [0.717, 1.165) is 66.7 Å². The van der Waals surface area contributed by atoms with Crippen LogP contribution in [0.15, 0.2) is 164 Å². The summed E-state index contributed by atoms with van der Waals surface area (Å²) in [5.41, 5.74) is 35.3. The summed E-state index contributed by atoms with van der Waals surface area (Å²) in [7, 11) is 1.25. The summed E-state index contributed by atoms with van der Waals surface area (Å²) in [5, 5.41) is 21.8. The number of aromatic nitrogens is 3. The number of nitrogens with two attached hydrogens (primary N) is 4. The standard InChI is InChI=1S/C19H15NO.C16H11N3O2.2C9H7ClO.C9H12N2O.C7H9N3O2.4HI.2V.4Y/c1-2-14-4-3-5-16(12-14)19-9-7-17-13-15(10-11-21)6-8-18(17)20-19;1-2-11-4-3-5-12(8-11)16-17-10-13-9-14(19(20)21)6-7-15(13)18-16;2*1-2-7-4-3-5-8(6-7)9(10)11;10-6-8-5-7(3-4-12)1-2-9(8)11;8-4-5-3-6(10(11)12)1-2-7(5)9;;;;;;;;;;/h3,5-9,11-13H,1-2,10H2;3,5-10H,1-2H2;2*3,5-6H,1-2H2;1-2,4-5H,3,6,10-11H2;1-3H,4,8-9H2;4*1H;;;;;;/q4*-2;;;;;;;2*+2;;;;/p-4/i11T;;;;4T;;;;;;;;;;;. The van der Waals surface area contributed by atoms with Crippen LogP contribution in [0.5, 0.6) is 0 Å². The first-order valence-corrected chi connectivity index (χ1v) is 46.2. The number of rotatable bonds is 16. The molecule has 98 heavy (non-hydrogen) atoms. The maximum atomic E-state index is 10.9. The van der Waals surface area contributed by atoms with Crippen LogP contribution in [-0.2, 0) is 211 Å². The van der Waals surface area contributed by atoms with Crippen LogP contribution in [0.4, 0.5) is 22.7 Å². The first-order chi connectivity index (χ1) is 45.9. The van der Waals surface area contributed by atoms with E-state index in [2.05, 4.69) is 147 Å². The zero-order chi connectivity index (χ0) is 71.3. The molecular weight excluding hydrogens is 2120 g/mol. The molecule has 4 radical (unpaired) electrons. The number of nitrogen functional groups attached to an aromatic ring is 2. The molecule has 0 bridgehead atoms. The van der Waals surface area contributed by atoms with Crippen LogP contribution in [-0.4, -0.2) is 47.8 Å². The molecule has 0 fully saturated rings. The van der Waals surface area contributed by atoms with Crippen molar-refractivity contribution in [3.63, 3.8) is 0 Å². The van der Waals surface area contributed by atoms with Crippen molar-refractivity contribution in [1.29, 1.82) is 0 Å². The van der Waals surface area contributed by atoms with Crippen molar-refractivity contribution < 1.29 is 182 Å². The molecule has 0 saturated heterocycles. The van der Waals surface area contributed by atoms with Crippen molar-refractivity contribution in [3.05, 3.63) is 292 Å². The molecule has 29 heteroatoms. The maximum absolute atomic E-state index is 10.9. The van der Waals surface area contributed by atoms with Gasteiger partial charge in [-0.1, -0.05) is 41.0 Å². The summed E-state index contributed by atoms with van der Waals surface area (Å²) in [4.78, 5) is 76.3. The van der Waals surface area contributed by atoms with Crippen LogP contribution in [0.25, 0.3) is 44.5 Å². The van der Waals surface area contributed by atoms with E-state index in [1.54, 1.807) is 66.9 Å². The van der Waals surface area contributed by atoms with Crippen molar-refractivity contribution >= 4 is 171 Å². The molecule has 8 aromatic carbocycles. The molecule has 0 saturated carbocycles. The third-order valence-electron chi connectivity index (χ3n) is 12.6. The first kappa shape index (κ1) is 94.6. The molecule has 0 aliphatic rings. The number of carbonyl (C=O) groups excluding carboxylic acids is 4. The Morgan fingerprint density at radius 1 is 0.531 bits per heavy atom. The number of nitro benzene ring substituents is 2. The van der Waals surface area contributed by atoms with E-state index in [4.69, 9.17) is 48.9 Å². The third kappa shape index (κ3) is 36.5. The quantitative estimate of drug-likeness (QED) is 0.0133. The number of non-ortho nitro benzene ring substituents is 2. The Kier molecular flexibility index (Phi) is 54.9. The van der Waals surface area contributed by atoms with Gasteiger partial charge in [-0.2, -0.15) is 145 Å². The molecule has 0 spiro atoms.